The molecule has 2 nitrogen and oxygen atoms in total. The van der Waals surface area contributed by atoms with Crippen molar-refractivity contribution < 1.29 is 0 Å². The van der Waals surface area contributed by atoms with Gasteiger partial charge in [-0.1, -0.05) is 0 Å². The predicted octanol–water partition coefficient (Wildman–Crippen LogP) is 0.428. The third-order valence-corrected chi connectivity index (χ3v) is 2.28. The van der Waals surface area contributed by atoms with E-state index in [2.05, 4.69) is 18.7 Å². The molecule has 0 spiro atoms. The van der Waals surface area contributed by atoms with Gasteiger partial charge < -0.3 is 5.73 Å². The van der Waals surface area contributed by atoms with Crippen molar-refractivity contribution in [3.8, 4) is 0 Å². The Morgan fingerprint density at radius 2 is 2.44 bits per heavy atom. The van der Waals surface area contributed by atoms with Crippen LogP contribution in [0.15, 0.2) is 0 Å². The van der Waals surface area contributed by atoms with Gasteiger partial charge in [-0.3, -0.25) is 4.90 Å². The number of hydrogen-bond donors (Lipinski definition) is 1. The van der Waals surface area contributed by atoms with Gasteiger partial charge in [-0.2, -0.15) is 0 Å². The van der Waals surface area contributed by atoms with Crippen LogP contribution in [-0.2, 0) is 0 Å². The second-order valence-corrected chi connectivity index (χ2v) is 2.96. The van der Waals surface area contributed by atoms with Crippen LogP contribution in [0, 0.1) is 0 Å². The summed E-state index contributed by atoms with van der Waals surface area (Å²) < 4.78 is 0. The summed E-state index contributed by atoms with van der Waals surface area (Å²) in [6, 6.07) is 1.37. The van der Waals surface area contributed by atoms with Crippen molar-refractivity contribution >= 4 is 0 Å². The fourth-order valence-electron chi connectivity index (χ4n) is 1.33. The molecule has 0 bridgehead atoms. The highest BCUT2D eigenvalue weighted by molar-refractivity contribution is 4.83. The first-order valence-electron chi connectivity index (χ1n) is 3.71. The summed E-state index contributed by atoms with van der Waals surface area (Å²) in [6.45, 7) is 6.50. The standard InChI is InChI=1S/C7H16N2/c1-6-3-4-9(6)7(2)5-8/h6-7H,3-5,8H2,1-2H3. The summed E-state index contributed by atoms with van der Waals surface area (Å²) in [6.07, 6.45) is 1.35. The first-order chi connectivity index (χ1) is 4.25. The number of nitrogens with two attached hydrogens (primary N) is 1. The average Bonchev–Trinajstić information content (AvgIpc) is 1.84. The summed E-state index contributed by atoms with van der Waals surface area (Å²) in [4.78, 5) is 2.44. The fraction of sp³-hybridized carbons (Fsp3) is 1.00. The highest BCUT2D eigenvalue weighted by Crippen LogP contribution is 2.18. The number of likely N-dealkylation sites (tertiary alicyclic amines) is 1. The van der Waals surface area contributed by atoms with Crippen LogP contribution in [0.5, 0.6) is 0 Å². The molecule has 0 aromatic heterocycles. The first kappa shape index (κ1) is 7.03. The van der Waals surface area contributed by atoms with Gasteiger partial charge in [0.1, 0.15) is 0 Å². The second-order valence-electron chi connectivity index (χ2n) is 2.96. The zero-order chi connectivity index (χ0) is 6.85. The van der Waals surface area contributed by atoms with Crippen LogP contribution in [0.1, 0.15) is 20.3 Å². The fourth-order valence-corrected chi connectivity index (χ4v) is 1.33. The first-order valence-corrected chi connectivity index (χ1v) is 3.71. The average molecular weight is 128 g/mol. The maximum absolute atomic E-state index is 5.50. The van der Waals surface area contributed by atoms with Crippen LogP contribution >= 0.6 is 0 Å². The van der Waals surface area contributed by atoms with E-state index in [1.54, 1.807) is 0 Å². The highest BCUT2D eigenvalue weighted by Gasteiger charge is 2.26. The highest BCUT2D eigenvalue weighted by atomic mass is 15.2. The maximum atomic E-state index is 5.50. The van der Waals surface area contributed by atoms with Crippen LogP contribution in [0.4, 0.5) is 0 Å². The Hall–Kier alpha value is -0.0800. The minimum absolute atomic E-state index is 0.591. The second kappa shape index (κ2) is 2.67. The molecule has 1 aliphatic heterocycles. The van der Waals surface area contributed by atoms with Crippen molar-refractivity contribution in [1.29, 1.82) is 0 Å². The van der Waals surface area contributed by atoms with E-state index in [4.69, 9.17) is 5.73 Å². The Balaban J connectivity index is 2.25. The molecule has 0 aromatic rings. The molecule has 9 heavy (non-hydrogen) atoms. The van der Waals surface area contributed by atoms with Crippen molar-refractivity contribution in [3.63, 3.8) is 0 Å². The number of rotatable bonds is 2. The van der Waals surface area contributed by atoms with E-state index in [0.29, 0.717) is 6.04 Å². The largest absolute Gasteiger partial charge is 0.329 e. The summed E-state index contributed by atoms with van der Waals surface area (Å²) in [5, 5.41) is 0. The van der Waals surface area contributed by atoms with Gasteiger partial charge in [0, 0.05) is 25.2 Å². The summed E-state index contributed by atoms with van der Waals surface area (Å²) in [7, 11) is 0. The molecule has 1 rings (SSSR count). The molecule has 0 aromatic carbocycles. The van der Waals surface area contributed by atoms with Crippen LogP contribution in [-0.4, -0.2) is 30.1 Å². The van der Waals surface area contributed by atoms with Crippen molar-refractivity contribution in [2.45, 2.75) is 32.4 Å². The van der Waals surface area contributed by atoms with Gasteiger partial charge >= 0.3 is 0 Å². The predicted molar refractivity (Wildman–Crippen MR) is 39.3 cm³/mol. The van der Waals surface area contributed by atoms with Gasteiger partial charge in [0.25, 0.3) is 0 Å². The molecule has 1 saturated heterocycles. The molecule has 54 valence electrons. The Labute approximate surface area is 57.0 Å². The molecule has 0 amide bonds. The van der Waals surface area contributed by atoms with E-state index in [9.17, 15) is 0 Å². The monoisotopic (exact) mass is 128 g/mol. The molecule has 1 heterocycles. The molecule has 2 atom stereocenters. The normalized spacial score (nSPS) is 31.7. The topological polar surface area (TPSA) is 29.3 Å². The Bertz CT molecular complexity index is 92.9. The van der Waals surface area contributed by atoms with Gasteiger partial charge in [0.15, 0.2) is 0 Å². The molecule has 2 N–H and O–H groups in total. The number of hydrogen-bond acceptors (Lipinski definition) is 2. The molecule has 1 fully saturated rings. The zero-order valence-electron chi connectivity index (χ0n) is 6.30. The molecular weight excluding hydrogens is 112 g/mol. The zero-order valence-corrected chi connectivity index (χ0v) is 6.30. The molecule has 1 aliphatic rings. The molecular formula is C7H16N2. The lowest BCUT2D eigenvalue weighted by Crippen LogP contribution is -2.52. The molecule has 0 aliphatic carbocycles. The number of nitrogens with zero attached hydrogens (tertiary/aromatic N) is 1. The van der Waals surface area contributed by atoms with Crippen LogP contribution in [0.25, 0.3) is 0 Å². The Kier molecular flexibility index (Phi) is 2.09. The SMILES string of the molecule is CC(CN)N1CCC1C. The van der Waals surface area contributed by atoms with E-state index in [-0.39, 0.29) is 0 Å². The van der Waals surface area contributed by atoms with Gasteiger partial charge in [0.2, 0.25) is 0 Å². The van der Waals surface area contributed by atoms with Crippen molar-refractivity contribution in [2.24, 2.45) is 5.73 Å². The van der Waals surface area contributed by atoms with Crippen LogP contribution < -0.4 is 5.73 Å². The van der Waals surface area contributed by atoms with Crippen LogP contribution in [0.3, 0.4) is 0 Å². The summed E-state index contributed by atoms with van der Waals surface area (Å²) in [5.41, 5.74) is 5.50. The minimum atomic E-state index is 0.591. The summed E-state index contributed by atoms with van der Waals surface area (Å²) in [5.74, 6) is 0. The van der Waals surface area contributed by atoms with Gasteiger partial charge in [-0.25, -0.2) is 0 Å². The third-order valence-electron chi connectivity index (χ3n) is 2.28. The molecule has 0 radical (unpaired) electrons. The summed E-state index contributed by atoms with van der Waals surface area (Å²) >= 11 is 0. The van der Waals surface area contributed by atoms with E-state index >= 15 is 0 Å². The minimum Gasteiger partial charge on any atom is -0.329 e. The lowest BCUT2D eigenvalue weighted by atomic mass is 10.0. The van der Waals surface area contributed by atoms with E-state index in [1.165, 1.54) is 13.0 Å². The lowest BCUT2D eigenvalue weighted by molar-refractivity contribution is 0.0647. The maximum Gasteiger partial charge on any atom is 0.0192 e. The van der Waals surface area contributed by atoms with Gasteiger partial charge in [0.05, 0.1) is 0 Å². The van der Waals surface area contributed by atoms with Gasteiger partial charge in [-0.15, -0.1) is 0 Å². The Morgan fingerprint density at radius 1 is 1.78 bits per heavy atom. The molecule has 0 saturated carbocycles. The van der Waals surface area contributed by atoms with Crippen LogP contribution in [0.2, 0.25) is 0 Å². The molecule has 2 heteroatoms. The van der Waals surface area contributed by atoms with Crippen molar-refractivity contribution in [2.75, 3.05) is 13.1 Å². The quantitative estimate of drug-likeness (QED) is 0.584. The van der Waals surface area contributed by atoms with E-state index in [0.717, 1.165) is 12.6 Å². The Morgan fingerprint density at radius 3 is 2.56 bits per heavy atom. The van der Waals surface area contributed by atoms with E-state index in [1.807, 2.05) is 0 Å². The van der Waals surface area contributed by atoms with Gasteiger partial charge in [-0.05, 0) is 20.3 Å². The lowest BCUT2D eigenvalue weighted by Gasteiger charge is -2.42. The molecule has 2 unspecified atom stereocenters. The van der Waals surface area contributed by atoms with E-state index < -0.39 is 0 Å². The van der Waals surface area contributed by atoms with Crippen molar-refractivity contribution in [3.05, 3.63) is 0 Å². The smallest absolute Gasteiger partial charge is 0.0192 e. The van der Waals surface area contributed by atoms with Crippen molar-refractivity contribution in [1.82, 2.24) is 4.90 Å². The third kappa shape index (κ3) is 1.25.